The zero-order valence-corrected chi connectivity index (χ0v) is 16.0. The second-order valence-corrected chi connectivity index (χ2v) is 8.45. The molecule has 0 saturated carbocycles. The second kappa shape index (κ2) is 7.28. The molecule has 3 aromatic rings. The molecule has 2 aromatic heterocycles. The molecule has 1 N–H and O–H groups in total. The molecular formula is C18H16F2N2O2S2. The summed E-state index contributed by atoms with van der Waals surface area (Å²) in [7, 11) is 0. The molecule has 8 heteroatoms. The van der Waals surface area contributed by atoms with Gasteiger partial charge < -0.3 is 4.98 Å². The fourth-order valence-electron chi connectivity index (χ4n) is 2.53. The molecule has 4 nitrogen and oxygen atoms in total. The van der Waals surface area contributed by atoms with E-state index >= 15 is 0 Å². The molecule has 136 valence electrons. The molecular weight excluding hydrogens is 378 g/mol. The number of nitrogens with one attached hydrogen (secondary N) is 1. The van der Waals surface area contributed by atoms with Gasteiger partial charge in [0.05, 0.1) is 16.4 Å². The third kappa shape index (κ3) is 3.57. The highest BCUT2D eigenvalue weighted by molar-refractivity contribution is 7.99. The predicted molar refractivity (Wildman–Crippen MR) is 101 cm³/mol. The number of nitrogens with zero attached hydrogens (tertiary/aromatic N) is 1. The molecule has 0 amide bonds. The highest BCUT2D eigenvalue weighted by Gasteiger charge is 2.19. The Balaban J connectivity index is 1.75. The predicted octanol–water partition coefficient (Wildman–Crippen LogP) is 4.38. The van der Waals surface area contributed by atoms with Gasteiger partial charge in [0.1, 0.15) is 10.7 Å². The summed E-state index contributed by atoms with van der Waals surface area (Å²) in [5.74, 6) is -1.53. The molecule has 0 saturated heterocycles. The maximum absolute atomic E-state index is 13.3. The van der Waals surface area contributed by atoms with E-state index in [1.807, 2.05) is 13.8 Å². The number of carbonyl (C=O) groups is 1. The van der Waals surface area contributed by atoms with E-state index in [1.54, 1.807) is 6.92 Å². The normalized spacial score (nSPS) is 12.5. The Morgan fingerprint density at radius 3 is 2.73 bits per heavy atom. The molecule has 1 aromatic carbocycles. The number of thiophene rings is 1. The van der Waals surface area contributed by atoms with Gasteiger partial charge in [-0.3, -0.25) is 9.59 Å². The number of hydrogen-bond donors (Lipinski definition) is 1. The number of rotatable bonds is 5. The van der Waals surface area contributed by atoms with Crippen LogP contribution < -0.4 is 5.56 Å². The topological polar surface area (TPSA) is 62.8 Å². The van der Waals surface area contributed by atoms with Crippen LogP contribution in [0, 0.1) is 25.5 Å². The van der Waals surface area contributed by atoms with Crippen LogP contribution in [0.25, 0.3) is 10.2 Å². The van der Waals surface area contributed by atoms with Gasteiger partial charge in [0.25, 0.3) is 5.56 Å². The SMILES string of the molecule is Cc1sc2nc(CS[C@@H](C)C(=O)c3ccc(F)c(F)c3)[nH]c(=O)c2c1C. The number of Topliss-reactive ketones (excluding diaryl/α,β-unsaturated/α-hetero) is 1. The van der Waals surface area contributed by atoms with Crippen molar-refractivity contribution < 1.29 is 13.6 Å². The van der Waals surface area contributed by atoms with Crippen molar-refractivity contribution in [1.29, 1.82) is 0 Å². The van der Waals surface area contributed by atoms with Crippen molar-refractivity contribution in [1.82, 2.24) is 9.97 Å². The number of hydrogen-bond acceptors (Lipinski definition) is 5. The Hall–Kier alpha value is -2.06. The molecule has 2 heterocycles. The van der Waals surface area contributed by atoms with Crippen LogP contribution in [0.15, 0.2) is 23.0 Å². The Kier molecular flexibility index (Phi) is 5.24. The number of thioether (sulfide) groups is 1. The third-order valence-electron chi connectivity index (χ3n) is 4.13. The summed E-state index contributed by atoms with van der Waals surface area (Å²) < 4.78 is 26.3. The van der Waals surface area contributed by atoms with Gasteiger partial charge in [-0.2, -0.15) is 0 Å². The van der Waals surface area contributed by atoms with Gasteiger partial charge in [-0.25, -0.2) is 13.8 Å². The van der Waals surface area contributed by atoms with Crippen molar-refractivity contribution in [3.05, 3.63) is 62.0 Å². The van der Waals surface area contributed by atoms with Gasteiger partial charge in [-0.15, -0.1) is 23.1 Å². The van der Waals surface area contributed by atoms with Gasteiger partial charge in [0, 0.05) is 10.4 Å². The van der Waals surface area contributed by atoms with E-state index in [1.165, 1.54) is 29.2 Å². The van der Waals surface area contributed by atoms with E-state index < -0.39 is 16.9 Å². The average molecular weight is 394 g/mol. The number of aromatic amines is 1. The van der Waals surface area contributed by atoms with Gasteiger partial charge >= 0.3 is 0 Å². The molecule has 3 rings (SSSR count). The molecule has 0 aliphatic carbocycles. The molecule has 0 aliphatic heterocycles. The molecule has 0 aliphatic rings. The van der Waals surface area contributed by atoms with E-state index in [0.29, 0.717) is 21.8 Å². The number of fused-ring (bicyclic) bond motifs is 1. The van der Waals surface area contributed by atoms with Crippen LogP contribution in [0.3, 0.4) is 0 Å². The lowest BCUT2D eigenvalue weighted by Crippen LogP contribution is -2.16. The zero-order valence-electron chi connectivity index (χ0n) is 14.4. The van der Waals surface area contributed by atoms with Crippen LogP contribution in [-0.4, -0.2) is 21.0 Å². The standard InChI is InChI=1S/C18H16F2N2O2S2/c1-8-9(2)26-18-15(8)17(24)21-14(22-18)7-25-10(3)16(23)11-4-5-12(19)13(20)6-11/h4-6,10H,7H2,1-3H3,(H,21,22,24)/t10-/m0/s1. The Bertz CT molecular complexity index is 1060. The lowest BCUT2D eigenvalue weighted by molar-refractivity contribution is 0.0993. The van der Waals surface area contributed by atoms with Crippen LogP contribution in [0.5, 0.6) is 0 Å². The van der Waals surface area contributed by atoms with Crippen molar-refractivity contribution in [2.24, 2.45) is 0 Å². The molecule has 0 radical (unpaired) electrons. The molecule has 0 unspecified atom stereocenters. The minimum absolute atomic E-state index is 0.116. The largest absolute Gasteiger partial charge is 0.309 e. The summed E-state index contributed by atoms with van der Waals surface area (Å²) in [6, 6.07) is 3.10. The van der Waals surface area contributed by atoms with Gasteiger partial charge in [0.2, 0.25) is 0 Å². The van der Waals surface area contributed by atoms with E-state index in [0.717, 1.165) is 22.6 Å². The first-order chi connectivity index (χ1) is 12.3. The third-order valence-corrected chi connectivity index (χ3v) is 6.39. The van der Waals surface area contributed by atoms with E-state index in [2.05, 4.69) is 9.97 Å². The first-order valence-corrected chi connectivity index (χ1v) is 9.74. The van der Waals surface area contributed by atoms with Crippen molar-refractivity contribution in [3.63, 3.8) is 0 Å². The number of ketones is 1. The highest BCUT2D eigenvalue weighted by Crippen LogP contribution is 2.27. The first kappa shape index (κ1) is 18.7. The van der Waals surface area contributed by atoms with Crippen molar-refractivity contribution in [2.75, 3.05) is 0 Å². The van der Waals surface area contributed by atoms with Crippen LogP contribution in [0.1, 0.15) is 33.5 Å². The van der Waals surface area contributed by atoms with Crippen molar-refractivity contribution in [2.45, 2.75) is 31.8 Å². The van der Waals surface area contributed by atoms with Gasteiger partial charge in [-0.05, 0) is 44.5 Å². The first-order valence-electron chi connectivity index (χ1n) is 7.87. The van der Waals surface area contributed by atoms with Crippen molar-refractivity contribution in [3.8, 4) is 0 Å². The summed E-state index contributed by atoms with van der Waals surface area (Å²) >= 11 is 2.74. The fraction of sp³-hybridized carbons (Fsp3) is 0.278. The summed E-state index contributed by atoms with van der Waals surface area (Å²) in [5.41, 5.74) is 0.859. The monoisotopic (exact) mass is 394 g/mol. The number of halogens is 2. The van der Waals surface area contributed by atoms with Crippen LogP contribution in [0.4, 0.5) is 8.78 Å². The zero-order chi connectivity index (χ0) is 19.0. The Labute approximate surface area is 156 Å². The number of benzene rings is 1. The smallest absolute Gasteiger partial charge is 0.259 e. The quantitative estimate of drug-likeness (QED) is 0.652. The minimum atomic E-state index is -1.05. The number of aromatic nitrogens is 2. The lowest BCUT2D eigenvalue weighted by Gasteiger charge is -2.10. The summed E-state index contributed by atoms with van der Waals surface area (Å²) in [4.78, 5) is 33.6. The maximum atomic E-state index is 13.3. The van der Waals surface area contributed by atoms with Gasteiger partial charge in [0.15, 0.2) is 17.4 Å². The van der Waals surface area contributed by atoms with Gasteiger partial charge in [-0.1, -0.05) is 0 Å². The highest BCUT2D eigenvalue weighted by atomic mass is 32.2. The molecule has 1 atom stereocenters. The van der Waals surface area contributed by atoms with E-state index in [-0.39, 0.29) is 16.9 Å². The molecule has 0 fully saturated rings. The number of H-pyrrole nitrogens is 1. The van der Waals surface area contributed by atoms with Crippen molar-refractivity contribution >= 4 is 39.1 Å². The molecule has 0 spiro atoms. The average Bonchev–Trinajstić information content (AvgIpc) is 2.89. The van der Waals surface area contributed by atoms with E-state index in [4.69, 9.17) is 0 Å². The minimum Gasteiger partial charge on any atom is -0.309 e. The van der Waals surface area contributed by atoms with Crippen LogP contribution in [0.2, 0.25) is 0 Å². The Morgan fingerprint density at radius 2 is 2.04 bits per heavy atom. The molecule has 0 bridgehead atoms. The Morgan fingerprint density at radius 1 is 1.31 bits per heavy atom. The second-order valence-electron chi connectivity index (χ2n) is 5.92. The summed E-state index contributed by atoms with van der Waals surface area (Å²) in [6.45, 7) is 5.52. The maximum Gasteiger partial charge on any atom is 0.259 e. The van der Waals surface area contributed by atoms with E-state index in [9.17, 15) is 18.4 Å². The number of carbonyl (C=O) groups excluding carboxylic acids is 1. The fourth-order valence-corrected chi connectivity index (χ4v) is 4.41. The molecule has 26 heavy (non-hydrogen) atoms. The van der Waals surface area contributed by atoms with Crippen LogP contribution in [-0.2, 0) is 5.75 Å². The summed E-state index contributed by atoms with van der Waals surface area (Å²) in [5, 5.41) is 0.111. The number of aryl methyl sites for hydroxylation is 2. The lowest BCUT2D eigenvalue weighted by atomic mass is 10.1. The van der Waals surface area contributed by atoms with Crippen LogP contribution >= 0.6 is 23.1 Å². The summed E-state index contributed by atoms with van der Waals surface area (Å²) in [6.07, 6.45) is 0.